The summed E-state index contributed by atoms with van der Waals surface area (Å²) in [6.07, 6.45) is 0. The number of hydrogen-bond acceptors (Lipinski definition) is 7. The number of aromatic nitrogens is 2. The number of anilines is 1. The summed E-state index contributed by atoms with van der Waals surface area (Å²) in [5.74, 6) is 0.977. The van der Waals surface area contributed by atoms with E-state index in [1.165, 1.54) is 31.2 Å². The average molecular weight is 416 g/mol. The van der Waals surface area contributed by atoms with Crippen LogP contribution in [0, 0.1) is 0 Å². The van der Waals surface area contributed by atoms with Gasteiger partial charge in [-0.25, -0.2) is 13.1 Å². The normalized spacial score (nSPS) is 11.2. The van der Waals surface area contributed by atoms with E-state index in [1.54, 1.807) is 24.3 Å². The summed E-state index contributed by atoms with van der Waals surface area (Å²) in [6.45, 7) is 3.69. The van der Waals surface area contributed by atoms with Crippen LogP contribution < -0.4 is 14.8 Å². The minimum Gasteiger partial charge on any atom is -0.494 e. The number of nitrogens with zero attached hydrogens (tertiary/aromatic N) is 2. The van der Waals surface area contributed by atoms with Gasteiger partial charge in [0.05, 0.1) is 18.0 Å². The fraction of sp³-hybridized carbons (Fsp3) is 0.211. The van der Waals surface area contributed by atoms with Gasteiger partial charge >= 0.3 is 0 Å². The second-order valence-corrected chi connectivity index (χ2v) is 7.77. The molecule has 0 aliphatic carbocycles. The Kier molecular flexibility index (Phi) is 6.25. The molecule has 0 spiro atoms. The average Bonchev–Trinajstić information content (AvgIpc) is 3.16. The predicted octanol–water partition coefficient (Wildman–Crippen LogP) is 2.57. The molecule has 0 fully saturated rings. The lowest BCUT2D eigenvalue weighted by Gasteiger charge is -2.06. The Hall–Kier alpha value is -3.24. The number of amides is 1. The van der Waals surface area contributed by atoms with E-state index < -0.39 is 10.0 Å². The van der Waals surface area contributed by atoms with Gasteiger partial charge in [0.15, 0.2) is 0 Å². The van der Waals surface area contributed by atoms with E-state index >= 15 is 0 Å². The molecule has 1 heterocycles. The molecule has 3 rings (SSSR count). The Morgan fingerprint density at radius 1 is 1.10 bits per heavy atom. The van der Waals surface area contributed by atoms with Gasteiger partial charge in [0.25, 0.3) is 0 Å². The SMILES string of the molecule is CCOc1ccc(-c2noc(CNS(=O)(=O)c3ccc(NC(C)=O)cc3)n2)cc1. The van der Waals surface area contributed by atoms with Crippen LogP contribution in [0.4, 0.5) is 5.69 Å². The van der Waals surface area contributed by atoms with Crippen LogP contribution in [-0.4, -0.2) is 31.1 Å². The third kappa shape index (κ3) is 5.39. The van der Waals surface area contributed by atoms with E-state index in [4.69, 9.17) is 9.26 Å². The molecule has 1 amide bonds. The standard InChI is InChI=1S/C19H20N4O5S/c1-3-27-16-8-4-14(5-9-16)19-22-18(28-23-19)12-20-29(25,26)17-10-6-15(7-11-17)21-13(2)24/h4-11,20H,3,12H2,1-2H3,(H,21,24). The monoisotopic (exact) mass is 416 g/mol. The zero-order chi connectivity index (χ0) is 20.9. The Balaban J connectivity index is 1.64. The third-order valence-electron chi connectivity index (χ3n) is 3.79. The second-order valence-electron chi connectivity index (χ2n) is 6.00. The number of ether oxygens (including phenoxy) is 1. The molecule has 29 heavy (non-hydrogen) atoms. The van der Waals surface area contributed by atoms with Gasteiger partial charge < -0.3 is 14.6 Å². The molecule has 10 heteroatoms. The topological polar surface area (TPSA) is 123 Å². The van der Waals surface area contributed by atoms with Gasteiger partial charge in [0.1, 0.15) is 5.75 Å². The smallest absolute Gasteiger partial charge is 0.242 e. The first kappa shape index (κ1) is 20.5. The molecule has 0 saturated carbocycles. The Labute approximate surface area is 168 Å². The van der Waals surface area contributed by atoms with Crippen molar-refractivity contribution in [2.75, 3.05) is 11.9 Å². The molecule has 0 unspecified atom stereocenters. The van der Waals surface area contributed by atoms with Crippen LogP contribution in [0.15, 0.2) is 57.9 Å². The molecule has 0 saturated heterocycles. The molecule has 0 atom stereocenters. The van der Waals surface area contributed by atoms with Crippen molar-refractivity contribution in [3.05, 3.63) is 54.4 Å². The molecule has 2 N–H and O–H groups in total. The van der Waals surface area contributed by atoms with Crippen LogP contribution in [0.3, 0.4) is 0 Å². The van der Waals surface area contributed by atoms with E-state index in [0.717, 1.165) is 11.3 Å². The van der Waals surface area contributed by atoms with Crippen molar-refractivity contribution in [2.24, 2.45) is 0 Å². The van der Waals surface area contributed by atoms with E-state index in [-0.39, 0.29) is 23.2 Å². The Bertz CT molecular complexity index is 1080. The predicted molar refractivity (Wildman–Crippen MR) is 106 cm³/mol. The summed E-state index contributed by atoms with van der Waals surface area (Å²) < 4.78 is 37.7. The van der Waals surface area contributed by atoms with Crippen molar-refractivity contribution in [2.45, 2.75) is 25.3 Å². The highest BCUT2D eigenvalue weighted by Crippen LogP contribution is 2.20. The van der Waals surface area contributed by atoms with Gasteiger partial charge in [-0.15, -0.1) is 0 Å². The Morgan fingerprint density at radius 3 is 2.41 bits per heavy atom. The summed E-state index contributed by atoms with van der Waals surface area (Å²) in [5, 5.41) is 6.45. The quantitative estimate of drug-likeness (QED) is 0.578. The van der Waals surface area contributed by atoms with Crippen LogP contribution in [0.5, 0.6) is 5.75 Å². The molecule has 152 valence electrons. The molecule has 2 aromatic carbocycles. The number of sulfonamides is 1. The summed E-state index contributed by atoms with van der Waals surface area (Å²) in [7, 11) is -3.78. The van der Waals surface area contributed by atoms with Gasteiger partial charge in [0.2, 0.25) is 27.6 Å². The summed E-state index contributed by atoms with van der Waals surface area (Å²) in [4.78, 5) is 15.3. The van der Waals surface area contributed by atoms with Crippen LogP contribution in [0.25, 0.3) is 11.4 Å². The second kappa shape index (κ2) is 8.84. The van der Waals surface area contributed by atoms with E-state index in [0.29, 0.717) is 18.1 Å². The van der Waals surface area contributed by atoms with Crippen molar-refractivity contribution < 1.29 is 22.5 Å². The maximum absolute atomic E-state index is 12.4. The zero-order valence-corrected chi connectivity index (χ0v) is 16.7. The lowest BCUT2D eigenvalue weighted by Crippen LogP contribution is -2.23. The van der Waals surface area contributed by atoms with Crippen LogP contribution in [0.2, 0.25) is 0 Å². The summed E-state index contributed by atoms with van der Waals surface area (Å²) in [5.41, 5.74) is 1.23. The minimum absolute atomic E-state index is 0.0536. The highest BCUT2D eigenvalue weighted by molar-refractivity contribution is 7.89. The van der Waals surface area contributed by atoms with Gasteiger partial charge in [-0.2, -0.15) is 4.98 Å². The van der Waals surface area contributed by atoms with Crippen LogP contribution >= 0.6 is 0 Å². The molecule has 0 bridgehead atoms. The maximum atomic E-state index is 12.4. The van der Waals surface area contributed by atoms with Gasteiger partial charge in [-0.1, -0.05) is 5.16 Å². The highest BCUT2D eigenvalue weighted by atomic mass is 32.2. The van der Waals surface area contributed by atoms with E-state index in [9.17, 15) is 13.2 Å². The van der Waals surface area contributed by atoms with Crippen LogP contribution in [0.1, 0.15) is 19.7 Å². The maximum Gasteiger partial charge on any atom is 0.242 e. The number of rotatable bonds is 8. The number of carbonyl (C=O) groups excluding carboxylic acids is 1. The molecule has 0 aliphatic heterocycles. The molecular formula is C19H20N4O5S. The fourth-order valence-electron chi connectivity index (χ4n) is 2.47. The number of carbonyl (C=O) groups is 1. The van der Waals surface area contributed by atoms with Gasteiger partial charge in [-0.05, 0) is 55.5 Å². The molecule has 3 aromatic rings. The van der Waals surface area contributed by atoms with Crippen molar-refractivity contribution in [3.63, 3.8) is 0 Å². The number of nitrogens with one attached hydrogen (secondary N) is 2. The van der Waals surface area contributed by atoms with E-state index in [1.807, 2.05) is 6.92 Å². The molecular weight excluding hydrogens is 396 g/mol. The first-order valence-electron chi connectivity index (χ1n) is 8.80. The Morgan fingerprint density at radius 2 is 1.79 bits per heavy atom. The summed E-state index contributed by atoms with van der Waals surface area (Å²) in [6, 6.07) is 13.0. The fourth-order valence-corrected chi connectivity index (χ4v) is 3.45. The van der Waals surface area contributed by atoms with E-state index in [2.05, 4.69) is 20.2 Å². The third-order valence-corrected chi connectivity index (χ3v) is 5.21. The largest absolute Gasteiger partial charge is 0.494 e. The first-order valence-corrected chi connectivity index (χ1v) is 10.3. The van der Waals surface area contributed by atoms with Gasteiger partial charge in [-0.3, -0.25) is 4.79 Å². The zero-order valence-electron chi connectivity index (χ0n) is 15.9. The molecule has 0 aliphatic rings. The highest BCUT2D eigenvalue weighted by Gasteiger charge is 2.16. The van der Waals surface area contributed by atoms with Crippen molar-refractivity contribution in [3.8, 4) is 17.1 Å². The first-order chi connectivity index (χ1) is 13.9. The van der Waals surface area contributed by atoms with Gasteiger partial charge in [0, 0.05) is 18.2 Å². The lowest BCUT2D eigenvalue weighted by molar-refractivity contribution is -0.114. The lowest BCUT2D eigenvalue weighted by atomic mass is 10.2. The van der Waals surface area contributed by atoms with Crippen LogP contribution in [-0.2, 0) is 21.4 Å². The summed E-state index contributed by atoms with van der Waals surface area (Å²) >= 11 is 0. The molecule has 1 aromatic heterocycles. The minimum atomic E-state index is -3.78. The molecule has 0 radical (unpaired) electrons. The number of benzene rings is 2. The molecule has 9 nitrogen and oxygen atoms in total. The number of hydrogen-bond donors (Lipinski definition) is 2. The van der Waals surface area contributed by atoms with Crippen molar-refractivity contribution in [1.82, 2.24) is 14.9 Å². The van der Waals surface area contributed by atoms with Crippen molar-refractivity contribution in [1.29, 1.82) is 0 Å². The van der Waals surface area contributed by atoms with Crippen molar-refractivity contribution >= 4 is 21.6 Å².